The molecule has 39 heavy (non-hydrogen) atoms. The van der Waals surface area contributed by atoms with Gasteiger partial charge < -0.3 is 19.3 Å². The Hall–Kier alpha value is -3.63. The third-order valence-electron chi connectivity index (χ3n) is 6.19. The lowest BCUT2D eigenvalue weighted by molar-refractivity contribution is -0.384. The summed E-state index contributed by atoms with van der Waals surface area (Å²) in [4.78, 5) is 41.8. The number of nitro benzene ring substituents is 1. The first-order valence-electron chi connectivity index (χ1n) is 12.5. The molecule has 0 aliphatic heterocycles. The van der Waals surface area contributed by atoms with E-state index in [1.54, 1.807) is 30.5 Å². The number of non-ortho nitro benzene ring substituents is 1. The number of methoxy groups -OCH3 is 2. The number of benzene rings is 2. The lowest BCUT2D eigenvalue weighted by Gasteiger charge is -2.28. The van der Waals surface area contributed by atoms with Gasteiger partial charge in [-0.15, -0.1) is 11.3 Å². The molecule has 0 saturated carbocycles. The molecule has 3 rings (SSSR count). The Morgan fingerprint density at radius 3 is 2.41 bits per heavy atom. The van der Waals surface area contributed by atoms with Crippen LogP contribution in [0, 0.1) is 10.1 Å². The van der Waals surface area contributed by atoms with Gasteiger partial charge in [0.2, 0.25) is 5.91 Å². The van der Waals surface area contributed by atoms with Crippen molar-refractivity contribution in [2.24, 2.45) is 0 Å². The fraction of sp³-hybridized carbons (Fsp3) is 0.357. The number of amides is 2. The van der Waals surface area contributed by atoms with Gasteiger partial charge in [-0.1, -0.05) is 37.1 Å². The normalized spacial score (nSPS) is 10.7. The number of hydrogen-bond donors (Lipinski definition) is 0. The van der Waals surface area contributed by atoms with Gasteiger partial charge in [-0.05, 0) is 48.1 Å². The van der Waals surface area contributed by atoms with E-state index in [4.69, 9.17) is 21.1 Å². The molecule has 11 heteroatoms. The van der Waals surface area contributed by atoms with Crippen molar-refractivity contribution in [1.29, 1.82) is 0 Å². The minimum absolute atomic E-state index is 0.0213. The molecule has 0 bridgehead atoms. The molecule has 2 amide bonds. The maximum absolute atomic E-state index is 13.6. The van der Waals surface area contributed by atoms with Crippen LogP contribution in [-0.2, 0) is 17.8 Å². The summed E-state index contributed by atoms with van der Waals surface area (Å²) in [5.41, 5.74) is 0.902. The quantitative estimate of drug-likeness (QED) is 0.177. The van der Waals surface area contributed by atoms with Crippen molar-refractivity contribution in [2.75, 3.05) is 33.9 Å². The second kappa shape index (κ2) is 14.5. The molecule has 0 atom stereocenters. The zero-order chi connectivity index (χ0) is 28.4. The number of nitro groups is 1. The molecular formula is C28H32ClN3O6S. The first kappa shape index (κ1) is 29.9. The van der Waals surface area contributed by atoms with Crippen LogP contribution in [0.1, 0.15) is 40.6 Å². The summed E-state index contributed by atoms with van der Waals surface area (Å²) < 4.78 is 10.7. The van der Waals surface area contributed by atoms with E-state index in [-0.39, 0.29) is 28.7 Å². The van der Waals surface area contributed by atoms with E-state index in [0.29, 0.717) is 44.0 Å². The molecule has 1 heterocycles. The number of rotatable bonds is 14. The molecule has 2 aromatic carbocycles. The number of carbonyl (C=O) groups is 2. The van der Waals surface area contributed by atoms with Gasteiger partial charge >= 0.3 is 0 Å². The molecule has 208 valence electrons. The molecular weight excluding hydrogens is 542 g/mol. The third-order valence-corrected chi connectivity index (χ3v) is 7.36. The zero-order valence-corrected chi connectivity index (χ0v) is 23.8. The number of unbranched alkanes of at least 4 members (excludes halogenated alkanes) is 1. The van der Waals surface area contributed by atoms with Crippen molar-refractivity contribution in [2.45, 2.75) is 32.7 Å². The molecule has 3 aromatic rings. The SMILES string of the molecule is CCCCN(CC(=O)N(CCc1ccc(OC)c(OC)c1)Cc1cccs1)C(=O)c1ccc([N+](=O)[O-])cc1Cl. The standard InChI is InChI=1S/C28H32ClN3O6S/c1-4-5-13-31(28(34)23-10-9-21(32(35)36)17-24(23)29)19-27(33)30(18-22-7-6-15-39-22)14-12-20-8-11-25(37-2)26(16-20)38-3/h6-11,15-17H,4-5,12-14,18-19H2,1-3H3. The Morgan fingerprint density at radius 1 is 1.03 bits per heavy atom. The Balaban J connectivity index is 1.80. The van der Waals surface area contributed by atoms with Crippen molar-refractivity contribution < 1.29 is 24.0 Å². The highest BCUT2D eigenvalue weighted by Crippen LogP contribution is 2.28. The van der Waals surface area contributed by atoms with Gasteiger partial charge in [0.25, 0.3) is 11.6 Å². The van der Waals surface area contributed by atoms with Gasteiger partial charge in [-0.2, -0.15) is 0 Å². The van der Waals surface area contributed by atoms with Crippen LogP contribution >= 0.6 is 22.9 Å². The number of thiophene rings is 1. The summed E-state index contributed by atoms with van der Waals surface area (Å²) in [6.45, 7) is 3.06. The largest absolute Gasteiger partial charge is 0.493 e. The lowest BCUT2D eigenvalue weighted by atomic mass is 10.1. The van der Waals surface area contributed by atoms with Crippen molar-refractivity contribution in [3.8, 4) is 11.5 Å². The van der Waals surface area contributed by atoms with E-state index in [9.17, 15) is 19.7 Å². The Kier molecular flexibility index (Phi) is 11.1. The van der Waals surface area contributed by atoms with E-state index < -0.39 is 10.8 Å². The lowest BCUT2D eigenvalue weighted by Crippen LogP contribution is -2.43. The molecule has 0 spiro atoms. The molecule has 9 nitrogen and oxygen atoms in total. The third kappa shape index (κ3) is 8.18. The highest BCUT2D eigenvalue weighted by atomic mass is 35.5. The van der Waals surface area contributed by atoms with Gasteiger partial charge in [0.05, 0.1) is 36.3 Å². The van der Waals surface area contributed by atoms with Gasteiger partial charge in [0.1, 0.15) is 6.54 Å². The molecule has 0 radical (unpaired) electrons. The highest BCUT2D eigenvalue weighted by molar-refractivity contribution is 7.09. The molecule has 0 N–H and O–H groups in total. The van der Waals surface area contributed by atoms with Crippen LogP contribution in [-0.4, -0.2) is 60.4 Å². The minimum atomic E-state index is -0.570. The molecule has 1 aromatic heterocycles. The first-order chi connectivity index (χ1) is 18.8. The zero-order valence-electron chi connectivity index (χ0n) is 22.2. The topological polar surface area (TPSA) is 102 Å². The van der Waals surface area contributed by atoms with E-state index in [1.807, 2.05) is 42.6 Å². The average Bonchev–Trinajstić information content (AvgIpc) is 3.45. The number of halogens is 1. The van der Waals surface area contributed by atoms with Crippen molar-refractivity contribution in [1.82, 2.24) is 9.80 Å². The van der Waals surface area contributed by atoms with Crippen LogP contribution in [0.5, 0.6) is 11.5 Å². The van der Waals surface area contributed by atoms with Crippen LogP contribution in [0.2, 0.25) is 5.02 Å². The molecule has 0 aliphatic carbocycles. The van der Waals surface area contributed by atoms with Crippen LogP contribution in [0.15, 0.2) is 53.9 Å². The maximum Gasteiger partial charge on any atom is 0.270 e. The van der Waals surface area contributed by atoms with Crippen molar-refractivity contribution in [3.63, 3.8) is 0 Å². The number of nitrogens with zero attached hydrogens (tertiary/aromatic N) is 3. The fourth-order valence-electron chi connectivity index (χ4n) is 4.01. The van der Waals surface area contributed by atoms with E-state index in [1.165, 1.54) is 17.0 Å². The summed E-state index contributed by atoms with van der Waals surface area (Å²) in [6, 6.07) is 13.3. The average molecular weight is 574 g/mol. The number of ether oxygens (including phenoxy) is 2. The van der Waals surface area contributed by atoms with E-state index in [0.717, 1.165) is 22.9 Å². The smallest absolute Gasteiger partial charge is 0.270 e. The highest BCUT2D eigenvalue weighted by Gasteiger charge is 2.25. The minimum Gasteiger partial charge on any atom is -0.493 e. The maximum atomic E-state index is 13.6. The van der Waals surface area contributed by atoms with Crippen LogP contribution in [0.25, 0.3) is 0 Å². The van der Waals surface area contributed by atoms with Gasteiger partial charge in [0, 0.05) is 30.1 Å². The second-order valence-electron chi connectivity index (χ2n) is 8.84. The van der Waals surface area contributed by atoms with Crippen LogP contribution in [0.4, 0.5) is 5.69 Å². The predicted octanol–water partition coefficient (Wildman–Crippen LogP) is 5.84. The van der Waals surface area contributed by atoms with Gasteiger partial charge in [-0.3, -0.25) is 19.7 Å². The number of hydrogen-bond acceptors (Lipinski definition) is 7. The Morgan fingerprint density at radius 2 is 1.79 bits per heavy atom. The molecule has 0 fully saturated rings. The summed E-state index contributed by atoms with van der Waals surface area (Å²) in [6.07, 6.45) is 2.10. The van der Waals surface area contributed by atoms with E-state index in [2.05, 4.69) is 0 Å². The summed E-state index contributed by atoms with van der Waals surface area (Å²) in [7, 11) is 3.15. The molecule has 0 unspecified atom stereocenters. The Bertz CT molecular complexity index is 1280. The second-order valence-corrected chi connectivity index (χ2v) is 10.3. The molecule has 0 aliphatic rings. The van der Waals surface area contributed by atoms with Gasteiger partial charge in [0.15, 0.2) is 11.5 Å². The summed E-state index contributed by atoms with van der Waals surface area (Å²) in [5.74, 6) is 0.601. The van der Waals surface area contributed by atoms with E-state index >= 15 is 0 Å². The first-order valence-corrected chi connectivity index (χ1v) is 13.8. The van der Waals surface area contributed by atoms with Crippen molar-refractivity contribution in [3.05, 3.63) is 85.1 Å². The molecule has 0 saturated heterocycles. The summed E-state index contributed by atoms with van der Waals surface area (Å²) >= 11 is 7.80. The summed E-state index contributed by atoms with van der Waals surface area (Å²) in [5, 5.41) is 13.0. The van der Waals surface area contributed by atoms with Crippen LogP contribution < -0.4 is 9.47 Å². The Labute approximate surface area is 237 Å². The number of carbonyl (C=O) groups excluding carboxylic acids is 2. The monoisotopic (exact) mass is 573 g/mol. The van der Waals surface area contributed by atoms with Crippen molar-refractivity contribution >= 4 is 40.4 Å². The van der Waals surface area contributed by atoms with Gasteiger partial charge in [-0.25, -0.2) is 0 Å². The van der Waals surface area contributed by atoms with Crippen LogP contribution in [0.3, 0.4) is 0 Å². The predicted molar refractivity (Wildman–Crippen MR) is 152 cm³/mol. The fourth-order valence-corrected chi connectivity index (χ4v) is 4.98.